The van der Waals surface area contributed by atoms with Gasteiger partial charge in [-0.3, -0.25) is 4.79 Å². The van der Waals surface area contributed by atoms with Crippen LogP contribution in [-0.2, 0) is 4.74 Å². The number of nitrogens with zero attached hydrogens (tertiary/aromatic N) is 2. The molecule has 0 unspecified atom stereocenters. The van der Waals surface area contributed by atoms with Crippen LogP contribution in [0.4, 0.5) is 0 Å². The second kappa shape index (κ2) is 10.2. The van der Waals surface area contributed by atoms with Crippen molar-refractivity contribution in [1.82, 2.24) is 15.3 Å². The van der Waals surface area contributed by atoms with E-state index in [1.807, 2.05) is 55.5 Å². The number of carbonyl (C=O) groups excluding carboxylic acids is 1. The highest BCUT2D eigenvalue weighted by molar-refractivity contribution is 5.95. The van der Waals surface area contributed by atoms with Crippen molar-refractivity contribution < 1.29 is 14.3 Å². The topological polar surface area (TPSA) is 73.3 Å². The zero-order chi connectivity index (χ0) is 19.6. The molecule has 1 N–H and O–H groups in total. The first-order valence-electron chi connectivity index (χ1n) is 9.27. The number of benzene rings is 2. The van der Waals surface area contributed by atoms with Gasteiger partial charge in [0.1, 0.15) is 5.75 Å². The predicted molar refractivity (Wildman–Crippen MR) is 107 cm³/mol. The standard InChI is InChI=1S/C22H23N3O3/c1-2-27-13-7-12-23-21(26)18-9-6-8-17(14-18)19-15-24-22(25-16-19)28-20-10-4-3-5-11-20/h3-6,8-11,14-16H,2,7,12-13H2,1H3,(H,23,26). The molecular formula is C22H23N3O3. The van der Waals surface area contributed by atoms with Gasteiger partial charge in [-0.05, 0) is 43.2 Å². The summed E-state index contributed by atoms with van der Waals surface area (Å²) in [5.74, 6) is 0.571. The summed E-state index contributed by atoms with van der Waals surface area (Å²) in [5, 5.41) is 2.90. The van der Waals surface area contributed by atoms with Crippen molar-refractivity contribution in [3.05, 3.63) is 72.6 Å². The number of carbonyl (C=O) groups is 1. The number of amides is 1. The van der Waals surface area contributed by atoms with E-state index < -0.39 is 0 Å². The summed E-state index contributed by atoms with van der Waals surface area (Å²) in [6.45, 7) is 3.87. The van der Waals surface area contributed by atoms with Crippen molar-refractivity contribution in [2.45, 2.75) is 13.3 Å². The summed E-state index contributed by atoms with van der Waals surface area (Å²) in [6, 6.07) is 17.0. The first-order chi connectivity index (χ1) is 13.8. The molecule has 0 bridgehead atoms. The van der Waals surface area contributed by atoms with Crippen LogP contribution in [0.2, 0.25) is 0 Å². The maximum absolute atomic E-state index is 12.3. The van der Waals surface area contributed by atoms with Gasteiger partial charge in [-0.1, -0.05) is 30.3 Å². The van der Waals surface area contributed by atoms with Crippen LogP contribution in [0.5, 0.6) is 11.8 Å². The van der Waals surface area contributed by atoms with E-state index in [9.17, 15) is 4.79 Å². The highest BCUT2D eigenvalue weighted by Gasteiger charge is 2.08. The zero-order valence-electron chi connectivity index (χ0n) is 15.8. The number of hydrogen-bond acceptors (Lipinski definition) is 5. The van der Waals surface area contributed by atoms with Crippen molar-refractivity contribution in [1.29, 1.82) is 0 Å². The number of ether oxygens (including phenoxy) is 2. The molecule has 0 fully saturated rings. The van der Waals surface area contributed by atoms with Crippen molar-refractivity contribution in [3.8, 4) is 22.9 Å². The predicted octanol–water partition coefficient (Wildman–Crippen LogP) is 4.09. The van der Waals surface area contributed by atoms with Crippen molar-refractivity contribution in [2.24, 2.45) is 0 Å². The maximum atomic E-state index is 12.3. The molecule has 6 nitrogen and oxygen atoms in total. The van der Waals surface area contributed by atoms with Gasteiger partial charge in [0.25, 0.3) is 5.91 Å². The van der Waals surface area contributed by atoms with E-state index in [1.165, 1.54) is 0 Å². The fourth-order valence-corrected chi connectivity index (χ4v) is 2.57. The molecule has 0 aliphatic heterocycles. The average Bonchev–Trinajstić information content (AvgIpc) is 2.75. The summed E-state index contributed by atoms with van der Waals surface area (Å²) in [6.07, 6.45) is 4.16. The number of nitrogens with one attached hydrogen (secondary N) is 1. The molecule has 3 rings (SSSR count). The van der Waals surface area contributed by atoms with Crippen molar-refractivity contribution >= 4 is 5.91 Å². The molecule has 0 atom stereocenters. The van der Waals surface area contributed by atoms with Gasteiger partial charge in [-0.15, -0.1) is 0 Å². The molecule has 3 aromatic rings. The highest BCUT2D eigenvalue weighted by atomic mass is 16.5. The van der Waals surface area contributed by atoms with E-state index >= 15 is 0 Å². The molecule has 28 heavy (non-hydrogen) atoms. The van der Waals surface area contributed by atoms with Crippen LogP contribution in [-0.4, -0.2) is 35.6 Å². The van der Waals surface area contributed by atoms with E-state index in [0.717, 1.165) is 17.5 Å². The molecule has 1 heterocycles. The third-order valence-corrected chi connectivity index (χ3v) is 3.99. The Morgan fingerprint density at radius 1 is 1.00 bits per heavy atom. The molecule has 144 valence electrons. The van der Waals surface area contributed by atoms with E-state index in [-0.39, 0.29) is 11.9 Å². The number of aromatic nitrogens is 2. The third kappa shape index (κ3) is 5.62. The second-order valence-electron chi connectivity index (χ2n) is 6.06. The minimum atomic E-state index is -0.108. The Labute approximate surface area is 164 Å². The Bertz CT molecular complexity index is 883. The van der Waals surface area contributed by atoms with Gasteiger partial charge in [0.2, 0.25) is 0 Å². The van der Waals surface area contributed by atoms with Crippen LogP contribution in [0.1, 0.15) is 23.7 Å². The quantitative estimate of drug-likeness (QED) is 0.569. The third-order valence-electron chi connectivity index (χ3n) is 3.99. The van der Waals surface area contributed by atoms with E-state index in [1.54, 1.807) is 18.5 Å². The van der Waals surface area contributed by atoms with Gasteiger partial charge < -0.3 is 14.8 Å². The monoisotopic (exact) mass is 377 g/mol. The normalized spacial score (nSPS) is 10.5. The Morgan fingerprint density at radius 2 is 1.79 bits per heavy atom. The first-order valence-corrected chi connectivity index (χ1v) is 9.27. The summed E-state index contributed by atoms with van der Waals surface area (Å²) in [4.78, 5) is 20.8. The van der Waals surface area contributed by atoms with Gasteiger partial charge in [-0.2, -0.15) is 0 Å². The second-order valence-corrected chi connectivity index (χ2v) is 6.06. The van der Waals surface area contributed by atoms with E-state index in [2.05, 4.69) is 15.3 Å². The molecule has 0 saturated carbocycles. The lowest BCUT2D eigenvalue weighted by atomic mass is 10.1. The SMILES string of the molecule is CCOCCCNC(=O)c1cccc(-c2cnc(Oc3ccccc3)nc2)c1. The maximum Gasteiger partial charge on any atom is 0.321 e. The van der Waals surface area contributed by atoms with Gasteiger partial charge in [0.05, 0.1) is 0 Å². The number of rotatable bonds is 9. The Hall–Kier alpha value is -3.25. The van der Waals surface area contributed by atoms with Gasteiger partial charge >= 0.3 is 6.01 Å². The van der Waals surface area contributed by atoms with Crippen LogP contribution in [0.25, 0.3) is 11.1 Å². The lowest BCUT2D eigenvalue weighted by molar-refractivity contribution is 0.0944. The summed E-state index contributed by atoms with van der Waals surface area (Å²) >= 11 is 0. The Balaban J connectivity index is 1.62. The van der Waals surface area contributed by atoms with Gasteiger partial charge in [0, 0.05) is 43.3 Å². The number of para-hydroxylation sites is 1. The Kier molecular flexibility index (Phi) is 7.09. The average molecular weight is 377 g/mol. The fourth-order valence-electron chi connectivity index (χ4n) is 2.57. The smallest absolute Gasteiger partial charge is 0.321 e. The van der Waals surface area contributed by atoms with Crippen LogP contribution >= 0.6 is 0 Å². The molecule has 2 aromatic carbocycles. The molecule has 0 aliphatic carbocycles. The van der Waals surface area contributed by atoms with Crippen LogP contribution in [0.3, 0.4) is 0 Å². The minimum Gasteiger partial charge on any atom is -0.424 e. The molecule has 0 spiro atoms. The van der Waals surface area contributed by atoms with E-state index in [4.69, 9.17) is 9.47 Å². The largest absolute Gasteiger partial charge is 0.424 e. The van der Waals surface area contributed by atoms with Gasteiger partial charge in [0.15, 0.2) is 0 Å². The number of hydrogen-bond donors (Lipinski definition) is 1. The molecule has 6 heteroatoms. The van der Waals surface area contributed by atoms with E-state index in [0.29, 0.717) is 31.1 Å². The van der Waals surface area contributed by atoms with Gasteiger partial charge in [-0.25, -0.2) is 9.97 Å². The molecule has 1 aromatic heterocycles. The lowest BCUT2D eigenvalue weighted by Crippen LogP contribution is -2.25. The highest BCUT2D eigenvalue weighted by Crippen LogP contribution is 2.22. The zero-order valence-corrected chi connectivity index (χ0v) is 15.8. The van der Waals surface area contributed by atoms with Crippen molar-refractivity contribution in [2.75, 3.05) is 19.8 Å². The minimum absolute atomic E-state index is 0.108. The summed E-state index contributed by atoms with van der Waals surface area (Å²) < 4.78 is 10.9. The summed E-state index contributed by atoms with van der Waals surface area (Å²) in [5.41, 5.74) is 2.28. The van der Waals surface area contributed by atoms with Crippen LogP contribution in [0.15, 0.2) is 67.0 Å². The molecule has 0 saturated heterocycles. The molecular weight excluding hydrogens is 354 g/mol. The van der Waals surface area contributed by atoms with Crippen LogP contribution < -0.4 is 10.1 Å². The summed E-state index contributed by atoms with van der Waals surface area (Å²) in [7, 11) is 0. The van der Waals surface area contributed by atoms with Crippen molar-refractivity contribution in [3.63, 3.8) is 0 Å². The Morgan fingerprint density at radius 3 is 2.54 bits per heavy atom. The fraction of sp³-hybridized carbons (Fsp3) is 0.227. The molecule has 1 amide bonds. The van der Waals surface area contributed by atoms with Crippen LogP contribution in [0, 0.1) is 0 Å². The lowest BCUT2D eigenvalue weighted by Gasteiger charge is -2.08. The molecule has 0 radical (unpaired) electrons. The first kappa shape index (κ1) is 19.5. The molecule has 0 aliphatic rings.